The normalized spacial score (nSPS) is 10.0. The van der Waals surface area contributed by atoms with E-state index in [4.69, 9.17) is 28.6 Å². The van der Waals surface area contributed by atoms with Crippen LogP contribution in [0.5, 0.6) is 5.75 Å². The van der Waals surface area contributed by atoms with Crippen molar-refractivity contribution in [2.75, 3.05) is 11.9 Å². The van der Waals surface area contributed by atoms with Crippen molar-refractivity contribution < 1.29 is 4.74 Å². The largest absolute Gasteiger partial charge is 0.494 e. The van der Waals surface area contributed by atoms with Gasteiger partial charge in [0, 0.05) is 12.1 Å². The maximum Gasteiger partial charge on any atom is 0.171 e. The lowest BCUT2D eigenvalue weighted by atomic mass is 10.2. The van der Waals surface area contributed by atoms with Gasteiger partial charge in [0.25, 0.3) is 0 Å². The van der Waals surface area contributed by atoms with E-state index in [-0.39, 0.29) is 0 Å². The second-order valence-electron chi connectivity index (χ2n) is 4.33. The van der Waals surface area contributed by atoms with Gasteiger partial charge in [0.1, 0.15) is 5.75 Å². The minimum absolute atomic E-state index is 0.523. The highest BCUT2D eigenvalue weighted by molar-refractivity contribution is 7.80. The quantitative estimate of drug-likeness (QED) is 0.808. The molecule has 0 heterocycles. The van der Waals surface area contributed by atoms with Crippen molar-refractivity contribution in [1.82, 2.24) is 5.32 Å². The van der Waals surface area contributed by atoms with Gasteiger partial charge in [-0.1, -0.05) is 41.9 Å². The Morgan fingerprint density at radius 1 is 1.14 bits per heavy atom. The molecule has 0 unspecified atom stereocenters. The number of nitrogens with one attached hydrogen (secondary N) is 2. The molecule has 0 aliphatic carbocycles. The molecule has 2 N–H and O–H groups in total. The number of thiocarbonyl (C=S) groups is 1. The summed E-state index contributed by atoms with van der Waals surface area (Å²) >= 11 is 11.4. The van der Waals surface area contributed by atoms with Gasteiger partial charge < -0.3 is 15.4 Å². The minimum Gasteiger partial charge on any atom is -0.494 e. The highest BCUT2D eigenvalue weighted by atomic mass is 35.5. The summed E-state index contributed by atoms with van der Waals surface area (Å²) in [5, 5.41) is 7.39. The number of benzene rings is 2. The molecule has 0 fully saturated rings. The Morgan fingerprint density at radius 2 is 1.86 bits per heavy atom. The zero-order valence-electron chi connectivity index (χ0n) is 11.7. The Kier molecular flexibility index (Phi) is 5.84. The summed E-state index contributed by atoms with van der Waals surface area (Å²) in [6.45, 7) is 3.19. The maximum absolute atomic E-state index is 6.08. The number of halogens is 1. The molecule has 0 aliphatic rings. The summed E-state index contributed by atoms with van der Waals surface area (Å²) in [6, 6.07) is 15.4. The van der Waals surface area contributed by atoms with Gasteiger partial charge in [-0.25, -0.2) is 0 Å². The molecule has 0 saturated heterocycles. The van der Waals surface area contributed by atoms with Crippen LogP contribution in [0.1, 0.15) is 12.5 Å². The first-order chi connectivity index (χ1) is 10.2. The van der Waals surface area contributed by atoms with Crippen molar-refractivity contribution in [3.63, 3.8) is 0 Å². The van der Waals surface area contributed by atoms with Crippen LogP contribution in [-0.4, -0.2) is 11.7 Å². The molecule has 0 atom stereocenters. The van der Waals surface area contributed by atoms with E-state index >= 15 is 0 Å². The summed E-state index contributed by atoms with van der Waals surface area (Å²) in [7, 11) is 0. The minimum atomic E-state index is 0.523. The third-order valence-corrected chi connectivity index (χ3v) is 3.41. The van der Waals surface area contributed by atoms with Gasteiger partial charge in [-0.05, 0) is 37.3 Å². The second kappa shape index (κ2) is 7.86. The molecule has 2 aromatic carbocycles. The second-order valence-corrected chi connectivity index (χ2v) is 5.14. The molecule has 0 aromatic heterocycles. The molecule has 5 heteroatoms. The molecule has 0 saturated carbocycles. The molecular formula is C16H17ClN2OS. The summed E-state index contributed by atoms with van der Waals surface area (Å²) < 4.78 is 5.58. The fourth-order valence-electron chi connectivity index (χ4n) is 1.85. The molecule has 110 valence electrons. The van der Waals surface area contributed by atoms with Gasteiger partial charge in [0.15, 0.2) is 5.11 Å². The smallest absolute Gasteiger partial charge is 0.171 e. The molecule has 2 aromatic rings. The molecule has 21 heavy (non-hydrogen) atoms. The van der Waals surface area contributed by atoms with Gasteiger partial charge in [-0.3, -0.25) is 0 Å². The highest BCUT2D eigenvalue weighted by Crippen LogP contribution is 2.20. The van der Waals surface area contributed by atoms with Crippen LogP contribution in [0.2, 0.25) is 5.02 Å². The lowest BCUT2D eigenvalue weighted by Crippen LogP contribution is -2.28. The number of anilines is 1. The Bertz CT molecular complexity index is 619. The van der Waals surface area contributed by atoms with E-state index in [1.807, 2.05) is 55.5 Å². The van der Waals surface area contributed by atoms with E-state index in [1.165, 1.54) is 0 Å². The van der Waals surface area contributed by atoms with Crippen LogP contribution in [0.4, 0.5) is 5.69 Å². The van der Waals surface area contributed by atoms with E-state index in [0.29, 0.717) is 23.3 Å². The number of ether oxygens (including phenoxy) is 1. The van der Waals surface area contributed by atoms with E-state index in [0.717, 1.165) is 17.0 Å². The highest BCUT2D eigenvalue weighted by Gasteiger charge is 2.05. The number of hydrogen-bond acceptors (Lipinski definition) is 2. The molecule has 0 radical (unpaired) electrons. The molecule has 2 rings (SSSR count). The van der Waals surface area contributed by atoms with Crippen molar-refractivity contribution in [3.8, 4) is 5.75 Å². The first-order valence-electron chi connectivity index (χ1n) is 6.70. The summed E-state index contributed by atoms with van der Waals surface area (Å²) in [5.74, 6) is 0.869. The van der Waals surface area contributed by atoms with Crippen LogP contribution >= 0.6 is 23.8 Å². The number of rotatable bonds is 5. The van der Waals surface area contributed by atoms with Crippen LogP contribution < -0.4 is 15.4 Å². The third-order valence-electron chi connectivity index (χ3n) is 2.83. The zero-order chi connectivity index (χ0) is 15.1. The van der Waals surface area contributed by atoms with Gasteiger partial charge >= 0.3 is 0 Å². The van der Waals surface area contributed by atoms with Crippen molar-refractivity contribution in [3.05, 3.63) is 59.1 Å². The summed E-state index contributed by atoms with van der Waals surface area (Å²) in [4.78, 5) is 0. The Hall–Kier alpha value is -1.78. The molecule has 0 spiro atoms. The first kappa shape index (κ1) is 15.6. The van der Waals surface area contributed by atoms with Crippen molar-refractivity contribution in [2.24, 2.45) is 0 Å². The van der Waals surface area contributed by atoms with Gasteiger partial charge in [-0.2, -0.15) is 0 Å². The Balaban J connectivity index is 1.94. The predicted octanol–water partition coefficient (Wildman–Crippen LogP) is 4.23. The summed E-state index contributed by atoms with van der Waals surface area (Å²) in [6.07, 6.45) is 0. The third kappa shape index (κ3) is 4.62. The number of para-hydroxylation sites is 2. The van der Waals surface area contributed by atoms with Gasteiger partial charge in [0.05, 0.1) is 17.3 Å². The fraction of sp³-hybridized carbons (Fsp3) is 0.188. The topological polar surface area (TPSA) is 33.3 Å². The van der Waals surface area contributed by atoms with Gasteiger partial charge in [-0.15, -0.1) is 0 Å². The van der Waals surface area contributed by atoms with E-state index in [2.05, 4.69) is 10.6 Å². The Morgan fingerprint density at radius 3 is 2.62 bits per heavy atom. The average molecular weight is 321 g/mol. The van der Waals surface area contributed by atoms with Crippen LogP contribution in [0.25, 0.3) is 0 Å². The SMILES string of the molecule is CCOc1ccccc1CNC(=S)Nc1ccccc1Cl. The molecule has 3 nitrogen and oxygen atoms in total. The van der Waals surface area contributed by atoms with Gasteiger partial charge in [0.2, 0.25) is 0 Å². The molecule has 0 bridgehead atoms. The van der Waals surface area contributed by atoms with Crippen LogP contribution in [0.3, 0.4) is 0 Å². The standard InChI is InChI=1S/C16H17ClN2OS/c1-2-20-15-10-6-3-7-12(15)11-18-16(21)19-14-9-5-4-8-13(14)17/h3-10H,2,11H2,1H3,(H2,18,19,21). The molecule has 0 amide bonds. The summed E-state index contributed by atoms with van der Waals surface area (Å²) in [5.41, 5.74) is 1.84. The van der Waals surface area contributed by atoms with Crippen molar-refractivity contribution >= 4 is 34.6 Å². The first-order valence-corrected chi connectivity index (χ1v) is 7.49. The van der Waals surface area contributed by atoms with Crippen molar-refractivity contribution in [1.29, 1.82) is 0 Å². The fourth-order valence-corrected chi connectivity index (χ4v) is 2.22. The maximum atomic E-state index is 6.08. The monoisotopic (exact) mass is 320 g/mol. The van der Waals surface area contributed by atoms with Crippen LogP contribution in [-0.2, 0) is 6.54 Å². The average Bonchev–Trinajstić information content (AvgIpc) is 2.49. The zero-order valence-corrected chi connectivity index (χ0v) is 13.3. The molecule has 0 aliphatic heterocycles. The van der Waals surface area contributed by atoms with Crippen LogP contribution in [0.15, 0.2) is 48.5 Å². The van der Waals surface area contributed by atoms with E-state index < -0.39 is 0 Å². The number of hydrogen-bond donors (Lipinski definition) is 2. The van der Waals surface area contributed by atoms with E-state index in [1.54, 1.807) is 0 Å². The van der Waals surface area contributed by atoms with Crippen molar-refractivity contribution in [2.45, 2.75) is 13.5 Å². The lowest BCUT2D eigenvalue weighted by molar-refractivity contribution is 0.336. The predicted molar refractivity (Wildman–Crippen MR) is 92.1 cm³/mol. The Labute approximate surface area is 135 Å². The lowest BCUT2D eigenvalue weighted by Gasteiger charge is -2.14. The molecular weight excluding hydrogens is 304 g/mol. The van der Waals surface area contributed by atoms with Crippen LogP contribution in [0, 0.1) is 0 Å². The van der Waals surface area contributed by atoms with E-state index in [9.17, 15) is 0 Å².